The van der Waals surface area contributed by atoms with E-state index in [0.717, 1.165) is 60.8 Å². The highest BCUT2D eigenvalue weighted by Gasteiger charge is 2.23. The minimum absolute atomic E-state index is 0.115. The minimum Gasteiger partial charge on any atom is -0.491 e. The Balaban J connectivity index is 1.33. The van der Waals surface area contributed by atoms with Gasteiger partial charge in [0.05, 0.1) is 29.3 Å². The van der Waals surface area contributed by atoms with Gasteiger partial charge in [0.1, 0.15) is 35.5 Å². The van der Waals surface area contributed by atoms with Gasteiger partial charge >= 0.3 is 5.97 Å². The molecular formula is C26H26ClN3O5S. The second-order valence-corrected chi connectivity index (χ2v) is 9.82. The molecule has 1 aliphatic rings. The van der Waals surface area contributed by atoms with Gasteiger partial charge in [-0.15, -0.1) is 11.3 Å². The van der Waals surface area contributed by atoms with Crippen LogP contribution in [0.1, 0.15) is 28.3 Å². The SMILES string of the molecule is C[C@@H](Oc1cc(-n2cnc3ccccc32)sc1C(=O)O)c1cccc(OCCN2CCOCC2)c1Cl. The van der Waals surface area contributed by atoms with E-state index in [0.29, 0.717) is 22.4 Å². The van der Waals surface area contributed by atoms with Gasteiger partial charge in [0, 0.05) is 31.3 Å². The number of nitrogens with zero attached hydrogens (tertiary/aromatic N) is 3. The smallest absolute Gasteiger partial charge is 0.349 e. The lowest BCUT2D eigenvalue weighted by Gasteiger charge is -2.26. The summed E-state index contributed by atoms with van der Waals surface area (Å²) in [4.78, 5) is 18.8. The molecule has 0 saturated carbocycles. The molecule has 0 radical (unpaired) electrons. The van der Waals surface area contributed by atoms with E-state index in [4.69, 9.17) is 25.8 Å². The quantitative estimate of drug-likeness (QED) is 0.316. The number of hydrogen-bond acceptors (Lipinski definition) is 7. The molecule has 2 aromatic heterocycles. The first-order chi connectivity index (χ1) is 17.5. The van der Waals surface area contributed by atoms with Crippen molar-refractivity contribution in [2.75, 3.05) is 39.5 Å². The third kappa shape index (κ3) is 5.19. The summed E-state index contributed by atoms with van der Waals surface area (Å²) in [6.45, 7) is 6.41. The molecule has 5 rings (SSSR count). The minimum atomic E-state index is -1.05. The fourth-order valence-electron chi connectivity index (χ4n) is 4.17. The largest absolute Gasteiger partial charge is 0.491 e. The number of rotatable bonds is 9. The van der Waals surface area contributed by atoms with Gasteiger partial charge < -0.3 is 19.3 Å². The first-order valence-electron chi connectivity index (χ1n) is 11.7. The number of thiophene rings is 1. The maximum Gasteiger partial charge on any atom is 0.349 e. The van der Waals surface area contributed by atoms with Gasteiger partial charge in [-0.3, -0.25) is 9.47 Å². The van der Waals surface area contributed by atoms with Gasteiger partial charge in [-0.2, -0.15) is 0 Å². The molecule has 8 nitrogen and oxygen atoms in total. The van der Waals surface area contributed by atoms with Crippen LogP contribution in [0.15, 0.2) is 54.9 Å². The third-order valence-electron chi connectivity index (χ3n) is 6.07. The average Bonchev–Trinajstić information content (AvgIpc) is 3.50. The number of hydrogen-bond donors (Lipinski definition) is 1. The molecule has 3 heterocycles. The van der Waals surface area contributed by atoms with Crippen LogP contribution < -0.4 is 9.47 Å². The maximum absolute atomic E-state index is 12.0. The monoisotopic (exact) mass is 527 g/mol. The summed E-state index contributed by atoms with van der Waals surface area (Å²) in [7, 11) is 0. The molecule has 1 N–H and O–H groups in total. The van der Waals surface area contributed by atoms with Crippen molar-refractivity contribution in [3.63, 3.8) is 0 Å². The molecule has 36 heavy (non-hydrogen) atoms. The summed E-state index contributed by atoms with van der Waals surface area (Å²) in [5, 5.41) is 11.0. The van der Waals surface area contributed by atoms with Crippen LogP contribution in [0.4, 0.5) is 0 Å². The zero-order valence-electron chi connectivity index (χ0n) is 19.7. The second kappa shape index (κ2) is 10.9. The Morgan fingerprint density at radius 1 is 1.19 bits per heavy atom. The Labute approximate surface area is 217 Å². The van der Waals surface area contributed by atoms with Crippen molar-refractivity contribution < 1.29 is 24.1 Å². The molecule has 0 aliphatic carbocycles. The van der Waals surface area contributed by atoms with Gasteiger partial charge in [0.15, 0.2) is 4.88 Å². The molecule has 0 spiro atoms. The number of aromatic nitrogens is 2. The van der Waals surface area contributed by atoms with E-state index in [1.165, 1.54) is 0 Å². The second-order valence-electron chi connectivity index (χ2n) is 8.41. The summed E-state index contributed by atoms with van der Waals surface area (Å²) in [6.07, 6.45) is 1.18. The highest BCUT2D eigenvalue weighted by atomic mass is 35.5. The van der Waals surface area contributed by atoms with Crippen LogP contribution in [-0.2, 0) is 4.74 Å². The molecule has 1 atom stereocenters. The van der Waals surface area contributed by atoms with Crippen LogP contribution in [0.25, 0.3) is 16.0 Å². The van der Waals surface area contributed by atoms with Crippen molar-refractivity contribution >= 4 is 39.9 Å². The van der Waals surface area contributed by atoms with Crippen LogP contribution >= 0.6 is 22.9 Å². The van der Waals surface area contributed by atoms with E-state index in [1.807, 2.05) is 54.0 Å². The highest BCUT2D eigenvalue weighted by Crippen LogP contribution is 2.38. The number of halogens is 1. The number of fused-ring (bicyclic) bond motifs is 1. The number of ether oxygens (including phenoxy) is 3. The van der Waals surface area contributed by atoms with E-state index in [2.05, 4.69) is 9.88 Å². The Hall–Kier alpha value is -3.11. The summed E-state index contributed by atoms with van der Waals surface area (Å²) in [5.41, 5.74) is 2.44. The number of benzene rings is 2. The molecule has 1 fully saturated rings. The van der Waals surface area contributed by atoms with Crippen molar-refractivity contribution in [3.05, 3.63) is 70.3 Å². The number of morpholine rings is 1. The highest BCUT2D eigenvalue weighted by molar-refractivity contribution is 7.16. The molecule has 10 heteroatoms. The Kier molecular flexibility index (Phi) is 7.43. The summed E-state index contributed by atoms with van der Waals surface area (Å²) >= 11 is 7.82. The Morgan fingerprint density at radius 3 is 2.81 bits per heavy atom. The van der Waals surface area contributed by atoms with Crippen LogP contribution in [0.5, 0.6) is 11.5 Å². The predicted molar refractivity (Wildman–Crippen MR) is 139 cm³/mol. The Bertz CT molecular complexity index is 1360. The van der Waals surface area contributed by atoms with E-state index in [1.54, 1.807) is 12.4 Å². The van der Waals surface area contributed by atoms with Gasteiger partial charge in [0.25, 0.3) is 0 Å². The average molecular weight is 528 g/mol. The normalized spacial score (nSPS) is 15.2. The van der Waals surface area contributed by atoms with Gasteiger partial charge in [-0.1, -0.05) is 35.9 Å². The number of aromatic carboxylic acids is 1. The molecule has 1 aliphatic heterocycles. The standard InChI is InChI=1S/C26H26ClN3O5S/c1-17(18-5-4-8-21(24(18)27)34-14-11-29-9-12-33-13-10-29)35-22-15-23(36-25(22)26(31)32)30-16-28-19-6-2-3-7-20(19)30/h2-8,15-17H,9-14H2,1H3,(H,31,32)/t17-/m1/s1. The molecule has 0 bridgehead atoms. The van der Waals surface area contributed by atoms with E-state index in [-0.39, 0.29) is 10.6 Å². The molecule has 1 saturated heterocycles. The summed E-state index contributed by atoms with van der Waals surface area (Å²) in [5.74, 6) is -0.195. The fraction of sp³-hybridized carbons (Fsp3) is 0.308. The van der Waals surface area contributed by atoms with Gasteiger partial charge in [-0.25, -0.2) is 9.78 Å². The first kappa shape index (κ1) is 24.6. The van der Waals surface area contributed by atoms with Gasteiger partial charge in [0.2, 0.25) is 0 Å². The number of para-hydroxylation sites is 2. The molecule has 0 unspecified atom stereocenters. The molecule has 0 amide bonds. The topological polar surface area (TPSA) is 86.1 Å². The van der Waals surface area contributed by atoms with E-state index >= 15 is 0 Å². The van der Waals surface area contributed by atoms with Crippen LogP contribution in [-0.4, -0.2) is 65.0 Å². The summed E-state index contributed by atoms with van der Waals surface area (Å²) in [6, 6.07) is 15.0. The van der Waals surface area contributed by atoms with Crippen LogP contribution in [0, 0.1) is 0 Å². The van der Waals surface area contributed by atoms with Crippen molar-refractivity contribution in [2.45, 2.75) is 13.0 Å². The zero-order chi connectivity index (χ0) is 25.1. The molecule has 2 aromatic carbocycles. The fourth-order valence-corrected chi connectivity index (χ4v) is 5.42. The first-order valence-corrected chi connectivity index (χ1v) is 12.9. The van der Waals surface area contributed by atoms with E-state index in [9.17, 15) is 9.90 Å². The maximum atomic E-state index is 12.0. The van der Waals surface area contributed by atoms with Gasteiger partial charge in [-0.05, 0) is 25.1 Å². The van der Waals surface area contributed by atoms with Crippen molar-refractivity contribution in [3.8, 4) is 16.5 Å². The van der Waals surface area contributed by atoms with E-state index < -0.39 is 12.1 Å². The van der Waals surface area contributed by atoms with Crippen molar-refractivity contribution in [1.82, 2.24) is 14.5 Å². The number of carboxylic acids is 1. The third-order valence-corrected chi connectivity index (χ3v) is 7.58. The number of imidazole rings is 1. The number of carboxylic acid groups (broad SMARTS) is 1. The predicted octanol–water partition coefficient (Wildman–Crippen LogP) is 5.29. The molecule has 188 valence electrons. The lowest BCUT2D eigenvalue weighted by atomic mass is 10.1. The Morgan fingerprint density at radius 2 is 2.00 bits per heavy atom. The van der Waals surface area contributed by atoms with Crippen LogP contribution in [0.3, 0.4) is 0 Å². The van der Waals surface area contributed by atoms with Crippen molar-refractivity contribution in [1.29, 1.82) is 0 Å². The lowest BCUT2D eigenvalue weighted by Crippen LogP contribution is -2.38. The molecular weight excluding hydrogens is 502 g/mol. The number of carbonyl (C=O) groups is 1. The van der Waals surface area contributed by atoms with Crippen LogP contribution in [0.2, 0.25) is 5.02 Å². The lowest BCUT2D eigenvalue weighted by molar-refractivity contribution is 0.0322. The molecule has 4 aromatic rings. The summed E-state index contributed by atoms with van der Waals surface area (Å²) < 4.78 is 19.4. The zero-order valence-corrected chi connectivity index (χ0v) is 21.3. The van der Waals surface area contributed by atoms with Crippen molar-refractivity contribution in [2.24, 2.45) is 0 Å².